The summed E-state index contributed by atoms with van der Waals surface area (Å²) in [5.74, 6) is -1.94. The zero-order valence-electron chi connectivity index (χ0n) is 15.9. The second-order valence-electron chi connectivity index (χ2n) is 7.00. The second kappa shape index (κ2) is 9.04. The Kier molecular flexibility index (Phi) is 7.44. The van der Waals surface area contributed by atoms with E-state index in [4.69, 9.17) is 5.73 Å². The van der Waals surface area contributed by atoms with Crippen molar-refractivity contribution in [3.05, 3.63) is 33.3 Å². The van der Waals surface area contributed by atoms with Crippen LogP contribution in [0.4, 0.5) is 13.2 Å². The first-order valence-electron chi connectivity index (χ1n) is 8.88. The zero-order chi connectivity index (χ0) is 21.2. The van der Waals surface area contributed by atoms with Gasteiger partial charge in [-0.3, -0.25) is 4.79 Å². The number of thiophene rings is 1. The van der Waals surface area contributed by atoms with Crippen LogP contribution in [0.3, 0.4) is 0 Å². The molecule has 1 aromatic heterocycles. The largest absolute Gasteiger partial charge is 0.471 e. The summed E-state index contributed by atoms with van der Waals surface area (Å²) in [6, 6.07) is 0.475. The number of piperidine rings is 1. The van der Waals surface area contributed by atoms with Crippen LogP contribution < -0.4 is 11.1 Å². The van der Waals surface area contributed by atoms with Crippen LogP contribution in [0.2, 0.25) is 0 Å². The van der Waals surface area contributed by atoms with E-state index in [0.29, 0.717) is 6.42 Å². The van der Waals surface area contributed by atoms with Crippen molar-refractivity contribution >= 4 is 33.2 Å². The third kappa shape index (κ3) is 4.83. The Morgan fingerprint density at radius 3 is 2.71 bits per heavy atom. The van der Waals surface area contributed by atoms with Crippen LogP contribution in [0.5, 0.6) is 0 Å². The molecule has 0 bridgehead atoms. The molecule has 0 spiro atoms. The average molecular weight is 484 g/mol. The van der Waals surface area contributed by atoms with Crippen LogP contribution in [-0.2, 0) is 4.79 Å². The molecule has 28 heavy (non-hydrogen) atoms. The zero-order valence-corrected chi connectivity index (χ0v) is 18.3. The molecule has 1 saturated heterocycles. The van der Waals surface area contributed by atoms with E-state index in [1.54, 1.807) is 25.3 Å². The molecule has 0 aliphatic carbocycles. The molecule has 10 heteroatoms. The number of likely N-dealkylation sites (tertiary alicyclic amines) is 1. The summed E-state index contributed by atoms with van der Waals surface area (Å²) < 4.78 is 39.5. The number of nitrogens with two attached hydrogens (primary N) is 1. The van der Waals surface area contributed by atoms with Crippen LogP contribution in [0.25, 0.3) is 0 Å². The second-order valence-corrected chi connectivity index (χ2v) is 9.40. The van der Waals surface area contributed by atoms with Crippen molar-refractivity contribution in [1.82, 2.24) is 10.2 Å². The van der Waals surface area contributed by atoms with Gasteiger partial charge in [-0.05, 0) is 44.2 Å². The summed E-state index contributed by atoms with van der Waals surface area (Å²) in [6.45, 7) is 3.48. The minimum atomic E-state index is -4.96. The summed E-state index contributed by atoms with van der Waals surface area (Å²) in [5.41, 5.74) is 7.18. The number of hydrogen-bond acceptors (Lipinski definition) is 5. The van der Waals surface area contributed by atoms with Crippen molar-refractivity contribution in [1.29, 1.82) is 0 Å². The molecule has 0 saturated carbocycles. The van der Waals surface area contributed by atoms with Crippen molar-refractivity contribution in [2.24, 2.45) is 5.73 Å². The van der Waals surface area contributed by atoms with Crippen molar-refractivity contribution in [3.63, 3.8) is 0 Å². The number of alkyl halides is 4. The molecule has 4 atom stereocenters. The van der Waals surface area contributed by atoms with Gasteiger partial charge in [-0.2, -0.15) is 13.2 Å². The highest BCUT2D eigenvalue weighted by Crippen LogP contribution is 2.45. The highest BCUT2D eigenvalue weighted by Gasteiger charge is 2.49. The van der Waals surface area contributed by atoms with Crippen molar-refractivity contribution in [3.8, 4) is 0 Å². The molecule has 0 radical (unpaired) electrons. The highest BCUT2D eigenvalue weighted by molar-refractivity contribution is 9.09. The topological polar surface area (TPSA) is 78.6 Å². The van der Waals surface area contributed by atoms with Gasteiger partial charge in [0.05, 0.1) is 17.5 Å². The molecule has 2 heterocycles. The number of nitrogens with one attached hydrogen (secondary N) is 1. The number of aliphatic hydroxyl groups is 1. The number of carbonyl (C=O) groups excluding carboxylic acids is 1. The standard InChI is InChI=1S/C18H25BrF3N3O2S/c1-9-4-11(16-12(13(19)8-26)5-10(2)28-16)6-15(14(23)7-24-3)25(9)17(27)18(20,21)22/h5,7,9,11,13,15,24,26H,4,6,8,23H2,1-3H3/b14-7-/t9-,11?,13?,15-/m0/s1. The fraction of sp³-hybridized carbons (Fsp3) is 0.611. The Hall–Kier alpha value is -1.26. The highest BCUT2D eigenvalue weighted by atomic mass is 79.9. The minimum Gasteiger partial charge on any atom is -0.399 e. The van der Waals surface area contributed by atoms with Crippen LogP contribution in [0.15, 0.2) is 18.0 Å². The molecule has 1 aliphatic rings. The molecule has 158 valence electrons. The first kappa shape index (κ1) is 23.0. The third-order valence-corrected chi connectivity index (χ3v) is 6.91. The molecule has 2 unspecified atom stereocenters. The van der Waals surface area contributed by atoms with Gasteiger partial charge in [0.25, 0.3) is 0 Å². The lowest BCUT2D eigenvalue weighted by molar-refractivity contribution is -0.191. The van der Waals surface area contributed by atoms with Crippen LogP contribution >= 0.6 is 27.3 Å². The normalized spacial score (nSPS) is 24.9. The van der Waals surface area contributed by atoms with Gasteiger partial charge in [0, 0.05) is 34.7 Å². The predicted octanol–water partition coefficient (Wildman–Crippen LogP) is 3.53. The lowest BCUT2D eigenvalue weighted by atomic mass is 9.82. The lowest BCUT2D eigenvalue weighted by Crippen LogP contribution is -2.56. The van der Waals surface area contributed by atoms with Crippen molar-refractivity contribution < 1.29 is 23.1 Å². The van der Waals surface area contributed by atoms with Gasteiger partial charge in [-0.25, -0.2) is 0 Å². The van der Waals surface area contributed by atoms with Crippen molar-refractivity contribution in [2.75, 3.05) is 13.7 Å². The van der Waals surface area contributed by atoms with E-state index in [2.05, 4.69) is 21.2 Å². The monoisotopic (exact) mass is 483 g/mol. The van der Waals surface area contributed by atoms with Crippen LogP contribution in [-0.4, -0.2) is 47.8 Å². The summed E-state index contributed by atoms with van der Waals surface area (Å²) in [7, 11) is 1.60. The van der Waals surface area contributed by atoms with Crippen LogP contribution in [0, 0.1) is 6.92 Å². The lowest BCUT2D eigenvalue weighted by Gasteiger charge is -2.44. The minimum absolute atomic E-state index is 0.0682. The van der Waals surface area contributed by atoms with Gasteiger partial charge in [-0.15, -0.1) is 11.3 Å². The summed E-state index contributed by atoms with van der Waals surface area (Å²) in [6.07, 6.45) is -2.85. The van der Waals surface area contributed by atoms with E-state index in [1.165, 1.54) is 6.20 Å². The number of nitrogens with zero attached hydrogens (tertiary/aromatic N) is 1. The summed E-state index contributed by atoms with van der Waals surface area (Å²) in [5, 5.41) is 12.3. The molecule has 5 nitrogen and oxygen atoms in total. The van der Waals surface area contributed by atoms with Gasteiger partial charge in [0.2, 0.25) is 0 Å². The molecule has 1 amide bonds. The van der Waals surface area contributed by atoms with Gasteiger partial charge >= 0.3 is 12.1 Å². The maximum atomic E-state index is 13.2. The number of amides is 1. The number of aliphatic hydroxyl groups excluding tert-OH is 1. The molecule has 4 N–H and O–H groups in total. The first-order chi connectivity index (χ1) is 13.0. The molecule has 1 aliphatic heterocycles. The number of rotatable bonds is 5. The predicted molar refractivity (Wildman–Crippen MR) is 107 cm³/mol. The van der Waals surface area contributed by atoms with Gasteiger partial charge in [-0.1, -0.05) is 15.9 Å². The maximum Gasteiger partial charge on any atom is 0.471 e. The van der Waals surface area contributed by atoms with E-state index in [-0.39, 0.29) is 29.5 Å². The van der Waals surface area contributed by atoms with E-state index in [0.717, 1.165) is 20.2 Å². The smallest absolute Gasteiger partial charge is 0.399 e. The third-order valence-electron chi connectivity index (χ3n) is 4.90. The van der Waals surface area contributed by atoms with Crippen molar-refractivity contribution in [2.45, 2.75) is 55.7 Å². The quantitative estimate of drug-likeness (QED) is 0.559. The molecular formula is C18H25BrF3N3O2S. The van der Waals surface area contributed by atoms with E-state index in [1.807, 2.05) is 13.0 Å². The Morgan fingerprint density at radius 1 is 1.54 bits per heavy atom. The van der Waals surface area contributed by atoms with Gasteiger partial charge < -0.3 is 21.1 Å². The molecule has 0 aromatic carbocycles. The number of hydrogen-bond donors (Lipinski definition) is 3. The van der Waals surface area contributed by atoms with Crippen LogP contribution in [0.1, 0.15) is 45.8 Å². The van der Waals surface area contributed by atoms with E-state index in [9.17, 15) is 23.1 Å². The number of halogens is 4. The Balaban J connectivity index is 2.44. The molecule has 2 rings (SSSR count). The Bertz CT molecular complexity index is 738. The van der Waals surface area contributed by atoms with Gasteiger partial charge in [0.1, 0.15) is 0 Å². The molecule has 1 fully saturated rings. The van der Waals surface area contributed by atoms with Gasteiger partial charge in [0.15, 0.2) is 0 Å². The maximum absolute atomic E-state index is 13.2. The number of aryl methyl sites for hydroxylation is 1. The SMILES string of the molecule is CN/C=C(\N)[C@@H]1CC(c2sc(C)cc2C(Br)CO)C[C@H](C)N1C(=O)C(F)(F)F. The van der Waals surface area contributed by atoms with E-state index >= 15 is 0 Å². The molecular weight excluding hydrogens is 459 g/mol. The summed E-state index contributed by atoms with van der Waals surface area (Å²) in [4.78, 5) is 14.8. The Morgan fingerprint density at radius 2 is 2.18 bits per heavy atom. The first-order valence-corrected chi connectivity index (χ1v) is 10.6. The fourth-order valence-corrected chi connectivity index (χ4v) is 5.53. The fourth-order valence-electron chi connectivity index (χ4n) is 3.79. The van der Waals surface area contributed by atoms with E-state index < -0.39 is 24.2 Å². The Labute approximate surface area is 174 Å². The summed E-state index contributed by atoms with van der Waals surface area (Å²) >= 11 is 5.02. The molecule has 1 aromatic rings. The number of carbonyl (C=O) groups is 1. The average Bonchev–Trinajstić information content (AvgIpc) is 3.01.